The van der Waals surface area contributed by atoms with E-state index in [0.717, 1.165) is 0 Å². The summed E-state index contributed by atoms with van der Waals surface area (Å²) in [6, 6.07) is 4.07. The Morgan fingerprint density at radius 2 is 2.04 bits per heavy atom. The van der Waals surface area contributed by atoms with Crippen molar-refractivity contribution >= 4 is 34.6 Å². The van der Waals surface area contributed by atoms with Crippen molar-refractivity contribution in [2.24, 2.45) is 5.92 Å². The van der Waals surface area contributed by atoms with Crippen LogP contribution in [-0.4, -0.2) is 31.2 Å². The van der Waals surface area contributed by atoms with Crippen LogP contribution in [-0.2, 0) is 4.74 Å². The SMILES string of the molecule is CCOC(=O)NC(CNC(=O)c1ccc(I)c(F)c1)CC(C)C. The first-order chi connectivity index (χ1) is 10.8. The quantitative estimate of drug-likeness (QED) is 0.645. The zero-order chi connectivity index (χ0) is 17.4. The number of ether oxygens (including phenoxy) is 1. The molecule has 0 saturated heterocycles. The fourth-order valence-electron chi connectivity index (χ4n) is 2.06. The lowest BCUT2D eigenvalue weighted by Gasteiger charge is -2.20. The minimum atomic E-state index is -0.507. The highest BCUT2D eigenvalue weighted by Crippen LogP contribution is 2.12. The van der Waals surface area contributed by atoms with Gasteiger partial charge in [0.2, 0.25) is 0 Å². The second kappa shape index (κ2) is 9.69. The molecule has 0 saturated carbocycles. The molecule has 0 radical (unpaired) electrons. The third-order valence-electron chi connectivity index (χ3n) is 3.04. The molecule has 0 aliphatic carbocycles. The van der Waals surface area contributed by atoms with Gasteiger partial charge in [-0.15, -0.1) is 0 Å². The van der Waals surface area contributed by atoms with E-state index in [0.29, 0.717) is 15.9 Å². The first kappa shape index (κ1) is 19.7. The van der Waals surface area contributed by atoms with Crippen LogP contribution in [0.4, 0.5) is 9.18 Å². The Morgan fingerprint density at radius 1 is 1.35 bits per heavy atom. The molecule has 0 fully saturated rings. The number of carbonyl (C=O) groups excluding carboxylic acids is 2. The van der Waals surface area contributed by atoms with Crippen molar-refractivity contribution in [1.29, 1.82) is 0 Å². The third kappa shape index (κ3) is 7.15. The molecule has 0 spiro atoms. The summed E-state index contributed by atoms with van der Waals surface area (Å²) in [5.74, 6) is -0.462. The van der Waals surface area contributed by atoms with Gasteiger partial charge in [-0.1, -0.05) is 13.8 Å². The maximum Gasteiger partial charge on any atom is 0.407 e. The fourth-order valence-corrected chi connectivity index (χ4v) is 2.39. The van der Waals surface area contributed by atoms with Gasteiger partial charge in [0.1, 0.15) is 5.82 Å². The van der Waals surface area contributed by atoms with Gasteiger partial charge < -0.3 is 15.4 Å². The Morgan fingerprint density at radius 3 is 2.61 bits per heavy atom. The number of halogens is 2. The Balaban J connectivity index is 2.63. The molecule has 5 nitrogen and oxygen atoms in total. The Kier molecular flexibility index (Phi) is 8.29. The van der Waals surface area contributed by atoms with Crippen LogP contribution < -0.4 is 10.6 Å². The Hall–Kier alpha value is -1.38. The molecule has 1 rings (SSSR count). The topological polar surface area (TPSA) is 67.4 Å². The first-order valence-electron chi connectivity index (χ1n) is 7.50. The van der Waals surface area contributed by atoms with E-state index in [-0.39, 0.29) is 30.7 Å². The molecule has 23 heavy (non-hydrogen) atoms. The smallest absolute Gasteiger partial charge is 0.407 e. The van der Waals surface area contributed by atoms with Gasteiger partial charge in [0, 0.05) is 21.7 Å². The number of carbonyl (C=O) groups is 2. The molecule has 128 valence electrons. The molecule has 0 aliphatic heterocycles. The molecule has 0 bridgehead atoms. The largest absolute Gasteiger partial charge is 0.450 e. The van der Waals surface area contributed by atoms with Crippen LogP contribution in [0.5, 0.6) is 0 Å². The number of alkyl carbamates (subject to hydrolysis) is 1. The maximum atomic E-state index is 13.5. The molecule has 2 amide bonds. The number of rotatable bonds is 7. The van der Waals surface area contributed by atoms with Gasteiger partial charge in [0.05, 0.1) is 6.61 Å². The number of nitrogens with one attached hydrogen (secondary N) is 2. The van der Waals surface area contributed by atoms with Crippen LogP contribution in [0.2, 0.25) is 0 Å². The Labute approximate surface area is 149 Å². The van der Waals surface area contributed by atoms with E-state index in [1.165, 1.54) is 6.07 Å². The summed E-state index contributed by atoms with van der Waals surface area (Å²) < 4.78 is 18.8. The average Bonchev–Trinajstić information content (AvgIpc) is 2.47. The fraction of sp³-hybridized carbons (Fsp3) is 0.500. The molecule has 1 atom stereocenters. The van der Waals surface area contributed by atoms with E-state index < -0.39 is 11.9 Å². The van der Waals surface area contributed by atoms with Crippen molar-refractivity contribution in [3.63, 3.8) is 0 Å². The van der Waals surface area contributed by atoms with Gasteiger partial charge >= 0.3 is 6.09 Å². The minimum Gasteiger partial charge on any atom is -0.450 e. The zero-order valence-electron chi connectivity index (χ0n) is 13.5. The number of hydrogen-bond acceptors (Lipinski definition) is 3. The summed E-state index contributed by atoms with van der Waals surface area (Å²) in [7, 11) is 0. The third-order valence-corrected chi connectivity index (χ3v) is 3.92. The predicted molar refractivity (Wildman–Crippen MR) is 94.9 cm³/mol. The molecule has 1 unspecified atom stereocenters. The summed E-state index contributed by atoms with van der Waals surface area (Å²) in [6.07, 6.45) is 0.188. The van der Waals surface area contributed by atoms with Crippen molar-refractivity contribution in [1.82, 2.24) is 10.6 Å². The monoisotopic (exact) mass is 436 g/mol. The van der Waals surface area contributed by atoms with E-state index in [9.17, 15) is 14.0 Å². The van der Waals surface area contributed by atoms with E-state index >= 15 is 0 Å². The van der Waals surface area contributed by atoms with Gasteiger partial charge in [-0.3, -0.25) is 4.79 Å². The van der Waals surface area contributed by atoms with Crippen molar-refractivity contribution in [2.75, 3.05) is 13.2 Å². The highest BCUT2D eigenvalue weighted by atomic mass is 127. The van der Waals surface area contributed by atoms with Crippen LogP contribution in [0.15, 0.2) is 18.2 Å². The molecule has 0 aliphatic rings. The van der Waals surface area contributed by atoms with Gasteiger partial charge in [-0.25, -0.2) is 9.18 Å². The molecular formula is C16H22FIN2O3. The van der Waals surface area contributed by atoms with Crippen molar-refractivity contribution in [2.45, 2.75) is 33.2 Å². The van der Waals surface area contributed by atoms with E-state index in [2.05, 4.69) is 10.6 Å². The van der Waals surface area contributed by atoms with Crippen molar-refractivity contribution in [3.05, 3.63) is 33.1 Å². The predicted octanol–water partition coefficient (Wildman–Crippen LogP) is 3.32. The summed E-state index contributed by atoms with van der Waals surface area (Å²) in [4.78, 5) is 23.6. The van der Waals surface area contributed by atoms with Crippen molar-refractivity contribution in [3.8, 4) is 0 Å². The van der Waals surface area contributed by atoms with Crippen LogP contribution in [0, 0.1) is 15.3 Å². The highest BCUT2D eigenvalue weighted by molar-refractivity contribution is 14.1. The second-order valence-corrected chi connectivity index (χ2v) is 6.69. The molecule has 0 aromatic heterocycles. The van der Waals surface area contributed by atoms with Gasteiger partial charge in [-0.05, 0) is 60.1 Å². The highest BCUT2D eigenvalue weighted by Gasteiger charge is 2.16. The number of hydrogen-bond donors (Lipinski definition) is 2. The lowest BCUT2D eigenvalue weighted by atomic mass is 10.0. The minimum absolute atomic E-state index is 0.244. The van der Waals surface area contributed by atoms with Gasteiger partial charge in [-0.2, -0.15) is 0 Å². The van der Waals surface area contributed by atoms with Crippen LogP contribution in [0.1, 0.15) is 37.6 Å². The van der Waals surface area contributed by atoms with Crippen LogP contribution in [0.25, 0.3) is 0 Å². The number of amides is 2. The molecule has 2 N–H and O–H groups in total. The zero-order valence-corrected chi connectivity index (χ0v) is 15.6. The lowest BCUT2D eigenvalue weighted by molar-refractivity contribution is 0.0944. The molecular weight excluding hydrogens is 414 g/mol. The first-order valence-corrected chi connectivity index (χ1v) is 8.57. The average molecular weight is 436 g/mol. The lowest BCUT2D eigenvalue weighted by Crippen LogP contribution is -2.44. The van der Waals surface area contributed by atoms with Crippen molar-refractivity contribution < 1.29 is 18.7 Å². The summed E-state index contributed by atoms with van der Waals surface area (Å²) in [6.45, 7) is 6.31. The van der Waals surface area contributed by atoms with E-state index in [1.54, 1.807) is 19.1 Å². The summed E-state index contributed by atoms with van der Waals surface area (Å²) >= 11 is 1.86. The maximum absolute atomic E-state index is 13.5. The molecule has 7 heteroatoms. The molecule has 0 heterocycles. The standard InChI is InChI=1S/C16H22FIN2O3/c1-4-23-16(22)20-12(7-10(2)3)9-19-15(21)11-5-6-14(18)13(17)8-11/h5-6,8,10,12H,4,7,9H2,1-3H3,(H,19,21)(H,20,22). The van der Waals surface area contributed by atoms with Crippen LogP contribution in [0.3, 0.4) is 0 Å². The summed E-state index contributed by atoms with van der Waals surface area (Å²) in [5.41, 5.74) is 0.252. The Bertz CT molecular complexity index is 552. The second-order valence-electron chi connectivity index (χ2n) is 5.53. The molecule has 1 aromatic rings. The number of benzene rings is 1. The summed E-state index contributed by atoms with van der Waals surface area (Å²) in [5, 5.41) is 5.45. The van der Waals surface area contributed by atoms with Gasteiger partial charge in [0.15, 0.2) is 0 Å². The van der Waals surface area contributed by atoms with Gasteiger partial charge in [0.25, 0.3) is 5.91 Å². The van der Waals surface area contributed by atoms with Crippen LogP contribution >= 0.6 is 22.6 Å². The van der Waals surface area contributed by atoms with E-state index in [4.69, 9.17) is 4.74 Å². The molecule has 1 aromatic carbocycles. The van der Waals surface area contributed by atoms with E-state index in [1.807, 2.05) is 36.4 Å². The normalized spacial score (nSPS) is 11.9.